The number of likely N-dealkylation sites (N-methyl/N-ethyl adjacent to an activating group) is 1. The van der Waals surface area contributed by atoms with Crippen molar-refractivity contribution in [2.24, 2.45) is 0 Å². The van der Waals surface area contributed by atoms with E-state index in [9.17, 15) is 0 Å². The lowest BCUT2D eigenvalue weighted by molar-refractivity contribution is 0.154. The number of rotatable bonds is 7. The van der Waals surface area contributed by atoms with Gasteiger partial charge in [0.15, 0.2) is 5.65 Å². The highest BCUT2D eigenvalue weighted by atomic mass is 16.5. The van der Waals surface area contributed by atoms with Crippen LogP contribution in [-0.2, 0) is 4.74 Å². The minimum Gasteiger partial charge on any atom is -0.380 e. The van der Waals surface area contributed by atoms with Crippen LogP contribution in [-0.4, -0.2) is 53.5 Å². The molecule has 0 saturated heterocycles. The van der Waals surface area contributed by atoms with E-state index in [1.54, 1.807) is 13.2 Å². The van der Waals surface area contributed by atoms with Crippen molar-refractivity contribution in [3.63, 3.8) is 0 Å². The van der Waals surface area contributed by atoms with E-state index in [4.69, 9.17) is 4.74 Å². The molecular formula is C12H20N6O. The summed E-state index contributed by atoms with van der Waals surface area (Å²) in [6.07, 6.45) is 1.76. The normalized spacial score (nSPS) is 10.9. The first-order valence-corrected chi connectivity index (χ1v) is 6.51. The van der Waals surface area contributed by atoms with Gasteiger partial charge in [0.2, 0.25) is 5.95 Å². The monoisotopic (exact) mass is 264 g/mol. The van der Waals surface area contributed by atoms with Crippen molar-refractivity contribution >= 4 is 22.8 Å². The van der Waals surface area contributed by atoms with Crippen LogP contribution < -0.4 is 10.2 Å². The molecule has 0 aliphatic heterocycles. The van der Waals surface area contributed by atoms with Crippen LogP contribution >= 0.6 is 0 Å². The summed E-state index contributed by atoms with van der Waals surface area (Å²) >= 11 is 0. The second kappa shape index (κ2) is 6.33. The zero-order valence-corrected chi connectivity index (χ0v) is 11.6. The number of H-pyrrole nitrogens is 1. The molecule has 0 aliphatic carbocycles. The molecule has 19 heavy (non-hydrogen) atoms. The molecule has 2 N–H and O–H groups in total. The van der Waals surface area contributed by atoms with Gasteiger partial charge < -0.3 is 15.0 Å². The zero-order valence-electron chi connectivity index (χ0n) is 11.6. The van der Waals surface area contributed by atoms with Crippen LogP contribution in [0.25, 0.3) is 11.0 Å². The molecule has 2 rings (SSSR count). The molecule has 0 spiro atoms. The second-order valence-corrected chi connectivity index (χ2v) is 4.03. The first-order valence-electron chi connectivity index (χ1n) is 6.51. The van der Waals surface area contributed by atoms with Crippen LogP contribution in [0.3, 0.4) is 0 Å². The van der Waals surface area contributed by atoms with E-state index < -0.39 is 0 Å². The standard InChI is InChI=1S/C12H20N6O/c1-4-18(6-7-19-5-2)11-9-8-14-17-10(9)15-12(13-3)16-11/h8H,4-7H2,1-3H3,(H2,13,14,15,16,17). The van der Waals surface area contributed by atoms with Gasteiger partial charge in [0.1, 0.15) is 5.82 Å². The largest absolute Gasteiger partial charge is 0.380 e. The predicted octanol–water partition coefficient (Wildman–Crippen LogP) is 1.26. The molecule has 2 aromatic heterocycles. The Morgan fingerprint density at radius 3 is 2.89 bits per heavy atom. The first-order chi connectivity index (χ1) is 9.30. The fraction of sp³-hybridized carbons (Fsp3) is 0.583. The molecule has 7 nitrogen and oxygen atoms in total. The number of aromatic nitrogens is 4. The Labute approximate surface area is 112 Å². The number of aromatic amines is 1. The molecule has 0 bridgehead atoms. The average Bonchev–Trinajstić information content (AvgIpc) is 2.91. The lowest BCUT2D eigenvalue weighted by Crippen LogP contribution is -2.28. The number of hydrogen-bond acceptors (Lipinski definition) is 6. The third kappa shape index (κ3) is 2.93. The molecule has 0 aliphatic rings. The summed E-state index contributed by atoms with van der Waals surface area (Å²) in [4.78, 5) is 11.0. The summed E-state index contributed by atoms with van der Waals surface area (Å²) in [7, 11) is 1.80. The zero-order chi connectivity index (χ0) is 13.7. The highest BCUT2D eigenvalue weighted by Crippen LogP contribution is 2.23. The molecule has 0 radical (unpaired) electrons. The molecule has 0 atom stereocenters. The number of nitrogens with zero attached hydrogens (tertiary/aromatic N) is 4. The average molecular weight is 264 g/mol. The maximum atomic E-state index is 5.41. The van der Waals surface area contributed by atoms with Crippen molar-refractivity contribution in [3.05, 3.63) is 6.20 Å². The van der Waals surface area contributed by atoms with E-state index in [2.05, 4.69) is 37.3 Å². The van der Waals surface area contributed by atoms with Crippen LogP contribution in [0.15, 0.2) is 6.20 Å². The first kappa shape index (κ1) is 13.5. The van der Waals surface area contributed by atoms with Crippen molar-refractivity contribution < 1.29 is 4.74 Å². The molecule has 2 aromatic rings. The molecule has 0 unspecified atom stereocenters. The van der Waals surface area contributed by atoms with E-state index in [1.807, 2.05) is 6.92 Å². The molecule has 104 valence electrons. The van der Waals surface area contributed by atoms with Crippen molar-refractivity contribution in [1.29, 1.82) is 0 Å². The smallest absolute Gasteiger partial charge is 0.226 e. The maximum Gasteiger partial charge on any atom is 0.226 e. The minimum atomic E-state index is 0.585. The summed E-state index contributed by atoms with van der Waals surface area (Å²) < 4.78 is 5.41. The van der Waals surface area contributed by atoms with Gasteiger partial charge in [-0.2, -0.15) is 15.1 Å². The fourth-order valence-corrected chi connectivity index (χ4v) is 1.91. The number of ether oxygens (including phenoxy) is 1. The molecular weight excluding hydrogens is 244 g/mol. The van der Waals surface area contributed by atoms with E-state index >= 15 is 0 Å². The Balaban J connectivity index is 2.31. The van der Waals surface area contributed by atoms with Crippen molar-refractivity contribution in [3.8, 4) is 0 Å². The Kier molecular flexibility index (Phi) is 4.51. The van der Waals surface area contributed by atoms with Crippen molar-refractivity contribution in [2.75, 3.05) is 43.6 Å². The fourth-order valence-electron chi connectivity index (χ4n) is 1.91. The van der Waals surface area contributed by atoms with Gasteiger partial charge in [-0.25, -0.2) is 0 Å². The van der Waals surface area contributed by atoms with E-state index in [0.29, 0.717) is 12.6 Å². The summed E-state index contributed by atoms with van der Waals surface area (Å²) in [5.41, 5.74) is 0.740. The van der Waals surface area contributed by atoms with Gasteiger partial charge in [-0.3, -0.25) is 5.10 Å². The van der Waals surface area contributed by atoms with E-state index in [0.717, 1.165) is 36.5 Å². The number of hydrogen-bond donors (Lipinski definition) is 2. The van der Waals surface area contributed by atoms with E-state index in [-0.39, 0.29) is 0 Å². The SMILES string of the molecule is CCOCCN(CC)c1nc(NC)nc2[nH]ncc12. The van der Waals surface area contributed by atoms with Crippen molar-refractivity contribution in [1.82, 2.24) is 20.2 Å². The second-order valence-electron chi connectivity index (χ2n) is 4.03. The Bertz CT molecular complexity index is 526. The lowest BCUT2D eigenvalue weighted by Gasteiger charge is -2.22. The van der Waals surface area contributed by atoms with Gasteiger partial charge in [-0.05, 0) is 13.8 Å². The Hall–Kier alpha value is -1.89. The highest BCUT2D eigenvalue weighted by molar-refractivity contribution is 5.87. The number of fused-ring (bicyclic) bond motifs is 1. The molecule has 2 heterocycles. The summed E-state index contributed by atoms with van der Waals surface area (Å²) in [6.45, 7) is 7.15. The third-order valence-corrected chi connectivity index (χ3v) is 2.90. The van der Waals surface area contributed by atoms with E-state index in [1.165, 1.54) is 0 Å². The summed E-state index contributed by atoms with van der Waals surface area (Å²) in [6, 6.07) is 0. The number of anilines is 2. The van der Waals surface area contributed by atoms with Crippen LogP contribution in [0.2, 0.25) is 0 Å². The van der Waals surface area contributed by atoms with Crippen LogP contribution in [0, 0.1) is 0 Å². The predicted molar refractivity (Wildman–Crippen MR) is 75.6 cm³/mol. The van der Waals surface area contributed by atoms with Gasteiger partial charge >= 0.3 is 0 Å². The topological polar surface area (TPSA) is 79.0 Å². The van der Waals surface area contributed by atoms with Gasteiger partial charge in [-0.15, -0.1) is 0 Å². The van der Waals surface area contributed by atoms with Crippen LogP contribution in [0.5, 0.6) is 0 Å². The lowest BCUT2D eigenvalue weighted by atomic mass is 10.3. The third-order valence-electron chi connectivity index (χ3n) is 2.90. The van der Waals surface area contributed by atoms with Gasteiger partial charge in [0.25, 0.3) is 0 Å². The molecule has 0 fully saturated rings. The molecule has 0 aromatic carbocycles. The maximum absolute atomic E-state index is 5.41. The molecule has 0 saturated carbocycles. The summed E-state index contributed by atoms with van der Waals surface area (Å²) in [5.74, 6) is 1.46. The summed E-state index contributed by atoms with van der Waals surface area (Å²) in [5, 5.41) is 10.8. The Morgan fingerprint density at radius 2 is 2.21 bits per heavy atom. The minimum absolute atomic E-state index is 0.585. The van der Waals surface area contributed by atoms with Crippen molar-refractivity contribution in [2.45, 2.75) is 13.8 Å². The van der Waals surface area contributed by atoms with Gasteiger partial charge in [-0.1, -0.05) is 0 Å². The van der Waals surface area contributed by atoms with Gasteiger partial charge in [0, 0.05) is 26.7 Å². The highest BCUT2D eigenvalue weighted by Gasteiger charge is 2.14. The van der Waals surface area contributed by atoms with Gasteiger partial charge in [0.05, 0.1) is 18.2 Å². The molecule has 7 heteroatoms. The molecule has 0 amide bonds. The van der Waals surface area contributed by atoms with Crippen LogP contribution in [0.1, 0.15) is 13.8 Å². The van der Waals surface area contributed by atoms with Crippen LogP contribution in [0.4, 0.5) is 11.8 Å². The number of nitrogens with one attached hydrogen (secondary N) is 2. The Morgan fingerprint density at radius 1 is 1.37 bits per heavy atom. The quantitative estimate of drug-likeness (QED) is 0.733.